The lowest BCUT2D eigenvalue weighted by molar-refractivity contribution is 1.37. The minimum atomic E-state index is 0.692. The number of halogens is 1. The lowest BCUT2D eigenvalue weighted by atomic mass is 10.1. The molecule has 130 valence electrons. The number of hydrogen-bond donors (Lipinski definition) is 0. The van der Waals surface area contributed by atoms with Gasteiger partial charge in [-0.25, -0.2) is 4.98 Å². The van der Waals surface area contributed by atoms with Crippen LogP contribution >= 0.6 is 11.6 Å². The molecule has 27 heavy (non-hydrogen) atoms. The highest BCUT2D eigenvalue weighted by atomic mass is 35.5. The second-order valence-corrected chi connectivity index (χ2v) is 6.72. The zero-order chi connectivity index (χ0) is 18.5. The standard InChI is InChI=1S/C25H18ClN/c26-22-14-16-24-21(13-11-19-7-3-1-4-8-19)17-23(27-25(24)18-22)15-12-20-9-5-2-6-10-20/h1-18H. The zero-order valence-corrected chi connectivity index (χ0v) is 15.5. The molecule has 0 fully saturated rings. The van der Waals surface area contributed by atoms with Crippen molar-refractivity contribution in [1.82, 2.24) is 4.98 Å². The van der Waals surface area contributed by atoms with Crippen LogP contribution in [0.5, 0.6) is 0 Å². The molecule has 0 bridgehead atoms. The Labute approximate surface area is 164 Å². The van der Waals surface area contributed by atoms with E-state index in [9.17, 15) is 0 Å². The maximum Gasteiger partial charge on any atom is 0.0730 e. The minimum Gasteiger partial charge on any atom is -0.248 e. The first kappa shape index (κ1) is 17.3. The Balaban J connectivity index is 1.76. The third kappa shape index (κ3) is 4.33. The van der Waals surface area contributed by atoms with Crippen LogP contribution in [0.15, 0.2) is 84.9 Å². The van der Waals surface area contributed by atoms with E-state index in [1.807, 2.05) is 60.7 Å². The molecule has 2 heteroatoms. The molecule has 0 saturated carbocycles. The van der Waals surface area contributed by atoms with Gasteiger partial charge in [0.25, 0.3) is 0 Å². The summed E-state index contributed by atoms with van der Waals surface area (Å²) in [5.74, 6) is 0. The Bertz CT molecular complexity index is 1110. The van der Waals surface area contributed by atoms with Crippen LogP contribution in [0.4, 0.5) is 0 Å². The van der Waals surface area contributed by atoms with Crippen LogP contribution < -0.4 is 0 Å². The number of fused-ring (bicyclic) bond motifs is 1. The van der Waals surface area contributed by atoms with Gasteiger partial charge >= 0.3 is 0 Å². The third-order valence-electron chi connectivity index (χ3n) is 4.32. The third-order valence-corrected chi connectivity index (χ3v) is 4.56. The molecule has 0 aliphatic rings. The van der Waals surface area contributed by atoms with Crippen LogP contribution in [0.1, 0.15) is 22.4 Å². The fourth-order valence-electron chi connectivity index (χ4n) is 2.97. The number of hydrogen-bond acceptors (Lipinski definition) is 1. The molecule has 0 aliphatic heterocycles. The van der Waals surface area contributed by atoms with E-state index in [1.165, 1.54) is 0 Å². The van der Waals surface area contributed by atoms with Gasteiger partial charge in [-0.15, -0.1) is 0 Å². The van der Waals surface area contributed by atoms with Crippen LogP contribution in [0.2, 0.25) is 5.02 Å². The number of pyridine rings is 1. The van der Waals surface area contributed by atoms with Gasteiger partial charge in [-0.2, -0.15) is 0 Å². The average molecular weight is 368 g/mol. The molecule has 0 N–H and O–H groups in total. The zero-order valence-electron chi connectivity index (χ0n) is 14.7. The molecule has 1 nitrogen and oxygen atoms in total. The highest BCUT2D eigenvalue weighted by molar-refractivity contribution is 6.31. The Morgan fingerprint density at radius 1 is 0.630 bits per heavy atom. The summed E-state index contributed by atoms with van der Waals surface area (Å²) in [5, 5.41) is 1.78. The van der Waals surface area contributed by atoms with Crippen molar-refractivity contribution in [1.29, 1.82) is 0 Å². The summed E-state index contributed by atoms with van der Waals surface area (Å²) in [6.45, 7) is 0. The summed E-state index contributed by atoms with van der Waals surface area (Å²) in [7, 11) is 0. The fraction of sp³-hybridized carbons (Fsp3) is 0. The maximum absolute atomic E-state index is 6.19. The molecule has 0 radical (unpaired) electrons. The van der Waals surface area contributed by atoms with Crippen molar-refractivity contribution < 1.29 is 0 Å². The largest absolute Gasteiger partial charge is 0.248 e. The predicted molar refractivity (Wildman–Crippen MR) is 117 cm³/mol. The van der Waals surface area contributed by atoms with E-state index in [0.29, 0.717) is 5.02 Å². The molecule has 4 rings (SSSR count). The van der Waals surface area contributed by atoms with E-state index in [1.54, 1.807) is 0 Å². The van der Waals surface area contributed by atoms with Gasteiger partial charge in [-0.1, -0.05) is 96.6 Å². The number of benzene rings is 3. The summed E-state index contributed by atoms with van der Waals surface area (Å²) in [4.78, 5) is 4.76. The first-order valence-electron chi connectivity index (χ1n) is 8.84. The molecule has 0 aliphatic carbocycles. The van der Waals surface area contributed by atoms with E-state index in [4.69, 9.17) is 16.6 Å². The van der Waals surface area contributed by atoms with Crippen molar-refractivity contribution >= 4 is 46.8 Å². The smallest absolute Gasteiger partial charge is 0.0730 e. The van der Waals surface area contributed by atoms with Gasteiger partial charge in [-0.05, 0) is 41.0 Å². The summed E-state index contributed by atoms with van der Waals surface area (Å²) in [6.07, 6.45) is 8.36. The summed E-state index contributed by atoms with van der Waals surface area (Å²) < 4.78 is 0. The lowest BCUT2D eigenvalue weighted by Gasteiger charge is -2.05. The lowest BCUT2D eigenvalue weighted by Crippen LogP contribution is -1.88. The maximum atomic E-state index is 6.19. The van der Waals surface area contributed by atoms with Crippen LogP contribution in [-0.4, -0.2) is 4.98 Å². The number of rotatable bonds is 4. The predicted octanol–water partition coefficient (Wildman–Crippen LogP) is 7.23. The molecule has 0 saturated heterocycles. The van der Waals surface area contributed by atoms with E-state index < -0.39 is 0 Å². The van der Waals surface area contributed by atoms with Crippen molar-refractivity contribution in [3.05, 3.63) is 112 Å². The van der Waals surface area contributed by atoms with Crippen molar-refractivity contribution in [3.63, 3.8) is 0 Å². The molecule has 1 heterocycles. The SMILES string of the molecule is Clc1ccc2c(C=Cc3ccccc3)cc(C=Cc3ccccc3)nc2c1. The van der Waals surface area contributed by atoms with Gasteiger partial charge < -0.3 is 0 Å². The first-order chi connectivity index (χ1) is 13.3. The van der Waals surface area contributed by atoms with Crippen LogP contribution in [-0.2, 0) is 0 Å². The van der Waals surface area contributed by atoms with Crippen molar-refractivity contribution in [3.8, 4) is 0 Å². The number of nitrogens with zero attached hydrogens (tertiary/aromatic N) is 1. The second kappa shape index (κ2) is 8.03. The Hall–Kier alpha value is -3.16. The summed E-state index contributed by atoms with van der Waals surface area (Å²) >= 11 is 6.19. The molecule has 3 aromatic carbocycles. The van der Waals surface area contributed by atoms with Gasteiger partial charge in [-0.3, -0.25) is 0 Å². The molecular weight excluding hydrogens is 350 g/mol. The van der Waals surface area contributed by atoms with E-state index in [2.05, 4.69) is 48.6 Å². The highest BCUT2D eigenvalue weighted by Crippen LogP contribution is 2.25. The average Bonchev–Trinajstić information content (AvgIpc) is 2.71. The Kier molecular flexibility index (Phi) is 5.13. The molecule has 4 aromatic rings. The monoisotopic (exact) mass is 367 g/mol. The van der Waals surface area contributed by atoms with Crippen LogP contribution in [0, 0.1) is 0 Å². The number of aromatic nitrogens is 1. The van der Waals surface area contributed by atoms with Gasteiger partial charge in [0, 0.05) is 10.4 Å². The molecule has 0 atom stereocenters. The summed E-state index contributed by atoms with van der Waals surface area (Å²) in [5.41, 5.74) is 5.23. The molecule has 1 aromatic heterocycles. The van der Waals surface area contributed by atoms with Crippen molar-refractivity contribution in [2.45, 2.75) is 0 Å². The van der Waals surface area contributed by atoms with Gasteiger partial charge in [0.05, 0.1) is 11.2 Å². The second-order valence-electron chi connectivity index (χ2n) is 6.29. The summed E-state index contributed by atoms with van der Waals surface area (Å²) in [6, 6.07) is 28.5. The van der Waals surface area contributed by atoms with E-state index >= 15 is 0 Å². The van der Waals surface area contributed by atoms with E-state index in [-0.39, 0.29) is 0 Å². The minimum absolute atomic E-state index is 0.692. The van der Waals surface area contributed by atoms with Gasteiger partial charge in [0.2, 0.25) is 0 Å². The molecule has 0 amide bonds. The highest BCUT2D eigenvalue weighted by Gasteiger charge is 2.04. The molecule has 0 spiro atoms. The van der Waals surface area contributed by atoms with Crippen molar-refractivity contribution in [2.24, 2.45) is 0 Å². The Morgan fingerprint density at radius 3 is 1.93 bits per heavy atom. The normalized spacial score (nSPS) is 11.6. The quantitative estimate of drug-likeness (QED) is 0.370. The van der Waals surface area contributed by atoms with Gasteiger partial charge in [0.15, 0.2) is 0 Å². The molecular formula is C25H18ClN. The molecule has 0 unspecified atom stereocenters. The van der Waals surface area contributed by atoms with E-state index in [0.717, 1.165) is 33.3 Å². The topological polar surface area (TPSA) is 12.9 Å². The van der Waals surface area contributed by atoms with Crippen LogP contribution in [0.25, 0.3) is 35.2 Å². The first-order valence-corrected chi connectivity index (χ1v) is 9.22. The Morgan fingerprint density at radius 2 is 1.26 bits per heavy atom. The van der Waals surface area contributed by atoms with Crippen molar-refractivity contribution in [2.75, 3.05) is 0 Å². The van der Waals surface area contributed by atoms with Crippen LogP contribution in [0.3, 0.4) is 0 Å². The van der Waals surface area contributed by atoms with Gasteiger partial charge in [0.1, 0.15) is 0 Å². The fourth-order valence-corrected chi connectivity index (χ4v) is 3.14.